The SMILES string of the molecule is OC[C@H]1C[C@@H](n2ccc3c(C(F)(F)F)ncnc32)[C@H](O)[C@@H]1O. The molecule has 2 aromatic heterocycles. The molecule has 2 aromatic rings. The average Bonchev–Trinajstić information content (AvgIpc) is 3.00. The van der Waals surface area contributed by atoms with Gasteiger partial charge < -0.3 is 19.9 Å². The first-order chi connectivity index (χ1) is 10.3. The normalized spacial score (nSPS) is 29.4. The van der Waals surface area contributed by atoms with Gasteiger partial charge >= 0.3 is 6.18 Å². The zero-order valence-electron chi connectivity index (χ0n) is 11.3. The molecule has 0 amide bonds. The van der Waals surface area contributed by atoms with Gasteiger partial charge in [-0.2, -0.15) is 13.2 Å². The van der Waals surface area contributed by atoms with Crippen LogP contribution in [0.15, 0.2) is 18.6 Å². The largest absolute Gasteiger partial charge is 0.434 e. The minimum atomic E-state index is -4.60. The molecule has 2 heterocycles. The summed E-state index contributed by atoms with van der Waals surface area (Å²) in [6, 6.07) is 0.587. The Morgan fingerprint density at radius 3 is 2.55 bits per heavy atom. The second-order valence-electron chi connectivity index (χ2n) is 5.41. The van der Waals surface area contributed by atoms with Gasteiger partial charge in [0, 0.05) is 24.1 Å². The first-order valence-electron chi connectivity index (χ1n) is 6.70. The Balaban J connectivity index is 2.07. The standard InChI is InChI=1S/C13H14F3N3O3/c14-13(15,16)11-7-1-2-19(12(7)18-5-17-11)8-3-6(4-20)9(21)10(8)22/h1-2,5-6,8-10,20-22H,3-4H2/t6-,8-,9-,10+/m1/s1. The Kier molecular flexibility index (Phi) is 3.58. The summed E-state index contributed by atoms with van der Waals surface area (Å²) in [5.41, 5.74) is -1.000. The van der Waals surface area contributed by atoms with E-state index in [1.165, 1.54) is 16.8 Å². The minimum absolute atomic E-state index is 0.0390. The van der Waals surface area contributed by atoms with Crippen molar-refractivity contribution >= 4 is 11.0 Å². The number of aromatic nitrogens is 3. The highest BCUT2D eigenvalue weighted by molar-refractivity contribution is 5.79. The van der Waals surface area contributed by atoms with Gasteiger partial charge in [-0.3, -0.25) is 0 Å². The number of halogens is 3. The van der Waals surface area contributed by atoms with Crippen molar-refractivity contribution in [3.8, 4) is 0 Å². The molecule has 3 rings (SSSR count). The molecular formula is C13H14F3N3O3. The third kappa shape index (κ3) is 2.25. The highest BCUT2D eigenvalue weighted by Crippen LogP contribution is 2.39. The Morgan fingerprint density at radius 1 is 1.23 bits per heavy atom. The Bertz CT molecular complexity index is 688. The molecule has 0 bridgehead atoms. The van der Waals surface area contributed by atoms with Gasteiger partial charge in [-0.25, -0.2) is 9.97 Å². The van der Waals surface area contributed by atoms with Crippen LogP contribution in [-0.4, -0.2) is 48.7 Å². The topological polar surface area (TPSA) is 91.4 Å². The van der Waals surface area contributed by atoms with Gasteiger partial charge in [0.15, 0.2) is 5.69 Å². The second kappa shape index (κ2) is 5.18. The molecule has 1 aliphatic rings. The van der Waals surface area contributed by atoms with E-state index in [-0.39, 0.29) is 24.1 Å². The van der Waals surface area contributed by atoms with E-state index in [0.29, 0.717) is 0 Å². The van der Waals surface area contributed by atoms with E-state index in [2.05, 4.69) is 9.97 Å². The lowest BCUT2D eigenvalue weighted by Crippen LogP contribution is -2.30. The lowest BCUT2D eigenvalue weighted by Gasteiger charge is -2.19. The van der Waals surface area contributed by atoms with Crippen LogP contribution in [-0.2, 0) is 6.18 Å². The van der Waals surface area contributed by atoms with Crippen LogP contribution in [0, 0.1) is 5.92 Å². The van der Waals surface area contributed by atoms with Gasteiger partial charge in [-0.05, 0) is 12.5 Å². The molecule has 120 valence electrons. The third-order valence-electron chi connectivity index (χ3n) is 4.14. The molecule has 1 fully saturated rings. The smallest absolute Gasteiger partial charge is 0.396 e. The molecule has 0 spiro atoms. The predicted octanol–water partition coefficient (Wildman–Crippen LogP) is 0.725. The van der Waals surface area contributed by atoms with Crippen molar-refractivity contribution in [3.05, 3.63) is 24.3 Å². The Hall–Kier alpha value is -1.71. The summed E-state index contributed by atoms with van der Waals surface area (Å²) >= 11 is 0. The van der Waals surface area contributed by atoms with Crippen molar-refractivity contribution in [1.29, 1.82) is 0 Å². The van der Waals surface area contributed by atoms with Crippen molar-refractivity contribution in [2.45, 2.75) is 30.8 Å². The zero-order chi connectivity index (χ0) is 16.1. The van der Waals surface area contributed by atoms with Crippen LogP contribution in [0.25, 0.3) is 11.0 Å². The summed E-state index contributed by atoms with van der Waals surface area (Å²) in [6.07, 6.45) is -4.46. The summed E-state index contributed by atoms with van der Waals surface area (Å²) in [6.45, 7) is -0.309. The molecular weight excluding hydrogens is 303 g/mol. The number of rotatable bonds is 2. The van der Waals surface area contributed by atoms with Crippen LogP contribution in [0.3, 0.4) is 0 Å². The van der Waals surface area contributed by atoms with Crippen molar-refractivity contribution in [2.24, 2.45) is 5.92 Å². The average molecular weight is 317 g/mol. The zero-order valence-corrected chi connectivity index (χ0v) is 11.3. The molecule has 1 saturated carbocycles. The maximum Gasteiger partial charge on any atom is 0.434 e. The number of hydrogen-bond donors (Lipinski definition) is 3. The summed E-state index contributed by atoms with van der Waals surface area (Å²) in [7, 11) is 0. The van der Waals surface area contributed by atoms with Crippen LogP contribution in [0.4, 0.5) is 13.2 Å². The summed E-state index contributed by atoms with van der Waals surface area (Å²) in [5, 5.41) is 28.9. The number of fused-ring (bicyclic) bond motifs is 1. The molecule has 0 saturated heterocycles. The predicted molar refractivity (Wildman–Crippen MR) is 68.8 cm³/mol. The van der Waals surface area contributed by atoms with E-state index >= 15 is 0 Å². The van der Waals surface area contributed by atoms with E-state index < -0.39 is 36.0 Å². The maximum absolute atomic E-state index is 12.9. The fourth-order valence-electron chi connectivity index (χ4n) is 3.02. The molecule has 0 unspecified atom stereocenters. The van der Waals surface area contributed by atoms with Crippen molar-refractivity contribution in [3.63, 3.8) is 0 Å². The quantitative estimate of drug-likeness (QED) is 0.759. The fourth-order valence-corrected chi connectivity index (χ4v) is 3.02. The van der Waals surface area contributed by atoms with E-state index in [4.69, 9.17) is 0 Å². The number of alkyl halides is 3. The van der Waals surface area contributed by atoms with Gasteiger partial charge in [0.1, 0.15) is 18.1 Å². The number of hydrogen-bond acceptors (Lipinski definition) is 5. The van der Waals surface area contributed by atoms with E-state index in [9.17, 15) is 28.5 Å². The monoisotopic (exact) mass is 317 g/mol. The third-order valence-corrected chi connectivity index (χ3v) is 4.14. The lowest BCUT2D eigenvalue weighted by atomic mass is 10.1. The van der Waals surface area contributed by atoms with Crippen molar-refractivity contribution < 1.29 is 28.5 Å². The van der Waals surface area contributed by atoms with Crippen molar-refractivity contribution in [1.82, 2.24) is 14.5 Å². The molecule has 1 aliphatic carbocycles. The van der Waals surface area contributed by atoms with E-state index in [0.717, 1.165) is 6.33 Å². The molecule has 3 N–H and O–H groups in total. The molecule has 4 atom stereocenters. The maximum atomic E-state index is 12.9. The molecule has 0 radical (unpaired) electrons. The van der Waals surface area contributed by atoms with Gasteiger partial charge in [0.25, 0.3) is 0 Å². The molecule has 9 heteroatoms. The summed E-state index contributed by atoms with van der Waals surface area (Å²) < 4.78 is 40.2. The number of aliphatic hydroxyl groups excluding tert-OH is 3. The molecule has 6 nitrogen and oxygen atoms in total. The first kappa shape index (κ1) is 15.2. The van der Waals surface area contributed by atoms with Gasteiger partial charge in [-0.1, -0.05) is 0 Å². The molecule has 0 aromatic carbocycles. The summed E-state index contributed by atoms with van der Waals surface area (Å²) in [4.78, 5) is 7.15. The number of nitrogens with zero attached hydrogens (tertiary/aromatic N) is 3. The second-order valence-corrected chi connectivity index (χ2v) is 5.41. The van der Waals surface area contributed by atoms with Crippen LogP contribution in [0.1, 0.15) is 18.2 Å². The first-order valence-corrected chi connectivity index (χ1v) is 6.70. The number of aliphatic hydroxyl groups is 3. The Morgan fingerprint density at radius 2 is 1.95 bits per heavy atom. The van der Waals surface area contributed by atoms with Gasteiger partial charge in [0.05, 0.1) is 12.1 Å². The summed E-state index contributed by atoms with van der Waals surface area (Å²) in [5.74, 6) is -0.527. The van der Waals surface area contributed by atoms with Crippen LogP contribution in [0.2, 0.25) is 0 Å². The van der Waals surface area contributed by atoms with Crippen LogP contribution >= 0.6 is 0 Å². The molecule has 22 heavy (non-hydrogen) atoms. The fraction of sp³-hybridized carbons (Fsp3) is 0.538. The van der Waals surface area contributed by atoms with Crippen molar-refractivity contribution in [2.75, 3.05) is 6.61 Å². The highest BCUT2D eigenvalue weighted by atomic mass is 19.4. The Labute approximate surface area is 122 Å². The van der Waals surface area contributed by atoms with Crippen LogP contribution < -0.4 is 0 Å². The van der Waals surface area contributed by atoms with Gasteiger partial charge in [-0.15, -0.1) is 0 Å². The molecule has 0 aliphatic heterocycles. The van der Waals surface area contributed by atoms with E-state index in [1.807, 2.05) is 0 Å². The van der Waals surface area contributed by atoms with Gasteiger partial charge in [0.2, 0.25) is 0 Å². The van der Waals surface area contributed by atoms with Crippen LogP contribution in [0.5, 0.6) is 0 Å². The minimum Gasteiger partial charge on any atom is -0.396 e. The highest BCUT2D eigenvalue weighted by Gasteiger charge is 2.43. The van der Waals surface area contributed by atoms with E-state index in [1.54, 1.807) is 0 Å². The lowest BCUT2D eigenvalue weighted by molar-refractivity contribution is -0.139.